The lowest BCUT2D eigenvalue weighted by molar-refractivity contribution is 1.19. The van der Waals surface area contributed by atoms with Crippen LogP contribution in [0.1, 0.15) is 0 Å². The molecule has 0 aliphatic carbocycles. The van der Waals surface area contributed by atoms with E-state index in [0.29, 0.717) is 0 Å². The van der Waals surface area contributed by atoms with Crippen LogP contribution in [0.15, 0.2) is 152 Å². The highest BCUT2D eigenvalue weighted by molar-refractivity contribution is 7.25. The Morgan fingerprint density at radius 3 is 1.59 bits per heavy atom. The largest absolute Gasteiger partial charge is 0.309 e. The number of thiophene rings is 1. The maximum Gasteiger partial charge on any atom is 0.0541 e. The molecule has 0 saturated carbocycles. The Balaban J connectivity index is 1.22. The molecule has 2 aromatic heterocycles. The Labute approximate surface area is 257 Å². The zero-order chi connectivity index (χ0) is 28.8. The molecule has 0 aliphatic rings. The van der Waals surface area contributed by atoms with Crippen LogP contribution in [-0.4, -0.2) is 4.57 Å². The monoisotopic (exact) mass is 575 g/mol. The number of hydrogen-bond acceptors (Lipinski definition) is 1. The van der Waals surface area contributed by atoms with Crippen molar-refractivity contribution in [1.29, 1.82) is 0 Å². The normalized spacial score (nSPS) is 12.1. The van der Waals surface area contributed by atoms with Gasteiger partial charge in [-0.15, -0.1) is 11.3 Å². The van der Waals surface area contributed by atoms with Gasteiger partial charge in [-0.1, -0.05) is 103 Å². The Hall–Kier alpha value is -5.44. The van der Waals surface area contributed by atoms with E-state index in [4.69, 9.17) is 0 Å². The van der Waals surface area contributed by atoms with Crippen LogP contribution in [0, 0.1) is 0 Å². The predicted molar refractivity (Wildman–Crippen MR) is 192 cm³/mol. The topological polar surface area (TPSA) is 4.93 Å². The van der Waals surface area contributed by atoms with Crippen LogP contribution in [0.5, 0.6) is 0 Å². The molecular weight excluding hydrogens is 551 g/mol. The van der Waals surface area contributed by atoms with Crippen molar-refractivity contribution in [1.82, 2.24) is 4.57 Å². The van der Waals surface area contributed by atoms with Crippen molar-refractivity contribution in [3.8, 4) is 16.8 Å². The molecule has 10 rings (SSSR count). The van der Waals surface area contributed by atoms with Gasteiger partial charge in [0.25, 0.3) is 0 Å². The van der Waals surface area contributed by atoms with E-state index >= 15 is 0 Å². The lowest BCUT2D eigenvalue weighted by Crippen LogP contribution is -1.94. The van der Waals surface area contributed by atoms with Crippen molar-refractivity contribution >= 4 is 85.6 Å². The van der Waals surface area contributed by atoms with Gasteiger partial charge in [-0.2, -0.15) is 0 Å². The number of aromatic nitrogens is 1. The van der Waals surface area contributed by atoms with Gasteiger partial charge in [0.2, 0.25) is 0 Å². The summed E-state index contributed by atoms with van der Waals surface area (Å²) in [7, 11) is 0. The van der Waals surface area contributed by atoms with E-state index in [2.05, 4.69) is 156 Å². The number of benzene rings is 8. The highest BCUT2D eigenvalue weighted by Gasteiger charge is 2.16. The summed E-state index contributed by atoms with van der Waals surface area (Å²) < 4.78 is 5.12. The zero-order valence-electron chi connectivity index (χ0n) is 23.8. The molecule has 0 atom stereocenters. The third-order valence-corrected chi connectivity index (χ3v) is 10.5. The quantitative estimate of drug-likeness (QED) is 0.181. The molecule has 0 unspecified atom stereocenters. The molecule has 0 aliphatic heterocycles. The summed E-state index contributed by atoms with van der Waals surface area (Å²) >= 11 is 1.87. The second kappa shape index (κ2) is 9.03. The van der Waals surface area contributed by atoms with Crippen LogP contribution in [0.2, 0.25) is 0 Å². The highest BCUT2D eigenvalue weighted by atomic mass is 32.1. The second-order valence-corrected chi connectivity index (χ2v) is 12.8. The van der Waals surface area contributed by atoms with E-state index in [9.17, 15) is 0 Å². The van der Waals surface area contributed by atoms with Gasteiger partial charge < -0.3 is 4.57 Å². The fraction of sp³-hybridized carbons (Fsp3) is 0. The summed E-state index contributed by atoms with van der Waals surface area (Å²) in [5, 5.41) is 13.0. The van der Waals surface area contributed by atoms with E-state index < -0.39 is 0 Å². The number of hydrogen-bond donors (Lipinski definition) is 0. The molecule has 2 heterocycles. The fourth-order valence-corrected chi connectivity index (χ4v) is 8.46. The summed E-state index contributed by atoms with van der Waals surface area (Å²) in [5.41, 5.74) is 6.13. The van der Waals surface area contributed by atoms with Crippen molar-refractivity contribution in [2.24, 2.45) is 0 Å². The average molecular weight is 576 g/mol. The molecule has 204 valence electrons. The molecule has 0 bridgehead atoms. The minimum Gasteiger partial charge on any atom is -0.309 e. The van der Waals surface area contributed by atoms with Crippen LogP contribution in [0.4, 0.5) is 0 Å². The molecular formula is C42H25NS. The first-order chi connectivity index (χ1) is 21.8. The average Bonchev–Trinajstić information content (AvgIpc) is 3.63. The van der Waals surface area contributed by atoms with Gasteiger partial charge in [0, 0.05) is 36.6 Å². The summed E-state index contributed by atoms with van der Waals surface area (Å²) in [5.74, 6) is 0. The summed E-state index contributed by atoms with van der Waals surface area (Å²) in [6, 6.07) is 56.0. The molecule has 1 nitrogen and oxygen atoms in total. The molecule has 44 heavy (non-hydrogen) atoms. The molecule has 0 saturated heterocycles. The van der Waals surface area contributed by atoms with Crippen molar-refractivity contribution in [3.05, 3.63) is 152 Å². The third kappa shape index (κ3) is 3.35. The summed E-state index contributed by atoms with van der Waals surface area (Å²) in [6.45, 7) is 0. The molecule has 0 fully saturated rings. The molecule has 0 radical (unpaired) electrons. The first kappa shape index (κ1) is 24.0. The predicted octanol–water partition coefficient (Wildman–Crippen LogP) is 12.3. The number of fused-ring (bicyclic) bond motifs is 12. The first-order valence-electron chi connectivity index (χ1n) is 15.1. The van der Waals surface area contributed by atoms with E-state index in [1.807, 2.05) is 11.3 Å². The van der Waals surface area contributed by atoms with Crippen molar-refractivity contribution < 1.29 is 0 Å². The Morgan fingerprint density at radius 1 is 0.318 bits per heavy atom. The Kier molecular flexibility index (Phi) is 4.94. The minimum atomic E-state index is 1.18. The lowest BCUT2D eigenvalue weighted by atomic mass is 9.94. The van der Waals surface area contributed by atoms with E-state index in [0.717, 1.165) is 0 Å². The number of rotatable bonds is 2. The fourth-order valence-electron chi connectivity index (χ4n) is 7.37. The Bertz CT molecular complexity index is 2740. The van der Waals surface area contributed by atoms with E-state index in [-0.39, 0.29) is 0 Å². The van der Waals surface area contributed by atoms with Gasteiger partial charge in [0.15, 0.2) is 0 Å². The lowest BCUT2D eigenvalue weighted by Gasteiger charge is -2.14. The van der Waals surface area contributed by atoms with Crippen molar-refractivity contribution in [2.75, 3.05) is 0 Å². The maximum atomic E-state index is 2.44. The molecule has 8 aromatic carbocycles. The Morgan fingerprint density at radius 2 is 0.841 bits per heavy atom. The summed E-state index contributed by atoms with van der Waals surface area (Å²) in [4.78, 5) is 0. The number of nitrogens with zero attached hydrogens (tertiary/aromatic N) is 1. The van der Waals surface area contributed by atoms with Gasteiger partial charge >= 0.3 is 0 Å². The van der Waals surface area contributed by atoms with Crippen LogP contribution in [-0.2, 0) is 0 Å². The van der Waals surface area contributed by atoms with Crippen LogP contribution in [0.3, 0.4) is 0 Å². The van der Waals surface area contributed by atoms with Crippen molar-refractivity contribution in [3.63, 3.8) is 0 Å². The van der Waals surface area contributed by atoms with Gasteiger partial charge in [-0.05, 0) is 92.0 Å². The summed E-state index contributed by atoms with van der Waals surface area (Å²) in [6.07, 6.45) is 0. The minimum absolute atomic E-state index is 1.18. The van der Waals surface area contributed by atoms with Gasteiger partial charge in [0.1, 0.15) is 0 Å². The standard InChI is InChI=1S/C42H25NS/c1-2-11-31-29(9-1)30-10-3-4-12-32(30)36-25-28(19-20-33(31)36)43-39-15-7-5-13-34(39)37-23-26(17-21-40(37)43)27-18-22-42-38(24-27)35-14-6-8-16-41(35)44-42/h1-25H. The molecule has 0 spiro atoms. The van der Waals surface area contributed by atoms with Gasteiger partial charge in [-0.3, -0.25) is 0 Å². The van der Waals surface area contributed by atoms with E-state index in [1.165, 1.54) is 91.1 Å². The second-order valence-electron chi connectivity index (χ2n) is 11.7. The van der Waals surface area contributed by atoms with Crippen LogP contribution >= 0.6 is 11.3 Å². The van der Waals surface area contributed by atoms with Gasteiger partial charge in [-0.25, -0.2) is 0 Å². The SMILES string of the molecule is c1ccc2c(c1)sc1ccc(-c3ccc4c(c3)c3ccccc3n4-c3ccc4c5ccccc5c5ccccc5c4c3)cc12. The van der Waals surface area contributed by atoms with Crippen molar-refractivity contribution in [2.45, 2.75) is 0 Å². The smallest absolute Gasteiger partial charge is 0.0541 e. The molecule has 0 N–H and O–H groups in total. The zero-order valence-corrected chi connectivity index (χ0v) is 24.6. The van der Waals surface area contributed by atoms with E-state index in [1.54, 1.807) is 0 Å². The van der Waals surface area contributed by atoms with Crippen LogP contribution < -0.4 is 0 Å². The highest BCUT2D eigenvalue weighted by Crippen LogP contribution is 2.40. The number of para-hydroxylation sites is 1. The molecule has 0 amide bonds. The third-order valence-electron chi connectivity index (χ3n) is 9.37. The molecule has 2 heteroatoms. The van der Waals surface area contributed by atoms with Gasteiger partial charge in [0.05, 0.1) is 11.0 Å². The van der Waals surface area contributed by atoms with Crippen LogP contribution in [0.25, 0.3) is 91.1 Å². The molecule has 10 aromatic rings. The maximum absolute atomic E-state index is 2.44. The first-order valence-corrected chi connectivity index (χ1v) is 15.9.